The van der Waals surface area contributed by atoms with E-state index in [0.29, 0.717) is 5.02 Å². The van der Waals surface area contributed by atoms with Gasteiger partial charge in [-0.1, -0.05) is 41.9 Å². The van der Waals surface area contributed by atoms with E-state index in [1.54, 1.807) is 13.0 Å². The third kappa shape index (κ3) is 3.56. The summed E-state index contributed by atoms with van der Waals surface area (Å²) in [6, 6.07) is 12.3. The number of nitrogens with zero attached hydrogens (tertiary/aromatic N) is 1. The van der Waals surface area contributed by atoms with Crippen LogP contribution in [0.15, 0.2) is 48.7 Å². The van der Waals surface area contributed by atoms with E-state index in [1.165, 1.54) is 12.3 Å². The summed E-state index contributed by atoms with van der Waals surface area (Å²) in [4.78, 5) is 15.8. The van der Waals surface area contributed by atoms with Gasteiger partial charge in [0, 0.05) is 6.20 Å². The van der Waals surface area contributed by atoms with E-state index in [4.69, 9.17) is 11.6 Å². The Balaban J connectivity index is 2.01. The fourth-order valence-corrected chi connectivity index (χ4v) is 1.86. The molecule has 2 aromatic rings. The van der Waals surface area contributed by atoms with Gasteiger partial charge in [-0.2, -0.15) is 0 Å². The lowest BCUT2D eigenvalue weighted by Crippen LogP contribution is -2.38. The summed E-state index contributed by atoms with van der Waals surface area (Å²) in [5.74, 6) is -0.349. The van der Waals surface area contributed by atoms with Crippen molar-refractivity contribution in [3.05, 3.63) is 64.9 Å². The van der Waals surface area contributed by atoms with Crippen molar-refractivity contribution >= 4 is 17.5 Å². The molecule has 1 amide bonds. The van der Waals surface area contributed by atoms with Crippen LogP contribution in [0.5, 0.6) is 0 Å². The van der Waals surface area contributed by atoms with Gasteiger partial charge in [0.2, 0.25) is 0 Å². The molecule has 20 heavy (non-hydrogen) atoms. The van der Waals surface area contributed by atoms with Gasteiger partial charge in [0.15, 0.2) is 0 Å². The van der Waals surface area contributed by atoms with Crippen LogP contribution in [0.2, 0.25) is 5.02 Å². The van der Waals surface area contributed by atoms with Gasteiger partial charge in [0.05, 0.1) is 11.6 Å². The van der Waals surface area contributed by atoms with Crippen molar-refractivity contribution in [2.75, 3.05) is 6.54 Å². The zero-order valence-electron chi connectivity index (χ0n) is 11.0. The molecule has 104 valence electrons. The van der Waals surface area contributed by atoms with Gasteiger partial charge in [-0.05, 0) is 24.6 Å². The Morgan fingerprint density at radius 3 is 2.60 bits per heavy atom. The summed E-state index contributed by atoms with van der Waals surface area (Å²) in [6.07, 6.45) is 1.41. The molecule has 1 heterocycles. The summed E-state index contributed by atoms with van der Waals surface area (Å²) in [5.41, 5.74) is -0.133. The highest BCUT2D eigenvalue weighted by molar-refractivity contribution is 6.30. The standard InChI is InChI=1S/C15H15ClN2O2/c1-15(20,11-5-3-2-4-6-11)10-18-14(19)13-8-7-12(16)9-17-13/h2-9,20H,10H2,1H3,(H,18,19). The second kappa shape index (κ2) is 6.03. The molecule has 1 aromatic carbocycles. The van der Waals surface area contributed by atoms with Gasteiger partial charge in [0.1, 0.15) is 11.3 Å². The SMILES string of the molecule is CC(O)(CNC(=O)c1ccc(Cl)cn1)c1ccccc1. The van der Waals surface area contributed by atoms with Crippen LogP contribution < -0.4 is 5.32 Å². The first-order valence-corrected chi connectivity index (χ1v) is 6.54. The number of rotatable bonds is 4. The minimum atomic E-state index is -1.14. The quantitative estimate of drug-likeness (QED) is 0.909. The van der Waals surface area contributed by atoms with Crippen LogP contribution in [0.3, 0.4) is 0 Å². The molecule has 0 aliphatic rings. The van der Waals surface area contributed by atoms with Crippen molar-refractivity contribution in [3.8, 4) is 0 Å². The second-order valence-electron chi connectivity index (χ2n) is 4.68. The molecular weight excluding hydrogens is 276 g/mol. The number of halogens is 1. The number of carbonyl (C=O) groups excluding carboxylic acids is 1. The topological polar surface area (TPSA) is 62.2 Å². The first-order chi connectivity index (χ1) is 9.49. The van der Waals surface area contributed by atoms with Gasteiger partial charge in [-0.3, -0.25) is 4.79 Å². The lowest BCUT2D eigenvalue weighted by atomic mass is 9.96. The average Bonchev–Trinajstić information content (AvgIpc) is 2.46. The van der Waals surface area contributed by atoms with Crippen LogP contribution in [-0.2, 0) is 5.60 Å². The Morgan fingerprint density at radius 1 is 1.30 bits per heavy atom. The van der Waals surface area contributed by atoms with Crippen molar-refractivity contribution in [2.24, 2.45) is 0 Å². The molecule has 1 unspecified atom stereocenters. The molecule has 4 nitrogen and oxygen atoms in total. The molecule has 0 spiro atoms. The molecule has 0 aliphatic carbocycles. The minimum Gasteiger partial charge on any atom is -0.384 e. The van der Waals surface area contributed by atoms with E-state index in [1.807, 2.05) is 30.3 Å². The molecule has 2 N–H and O–H groups in total. The zero-order chi connectivity index (χ0) is 14.6. The maximum atomic E-state index is 11.9. The molecule has 0 aliphatic heterocycles. The van der Waals surface area contributed by atoms with E-state index in [2.05, 4.69) is 10.3 Å². The van der Waals surface area contributed by atoms with Crippen LogP contribution in [-0.4, -0.2) is 22.5 Å². The summed E-state index contributed by atoms with van der Waals surface area (Å²) >= 11 is 5.71. The van der Waals surface area contributed by atoms with Crippen molar-refractivity contribution < 1.29 is 9.90 Å². The van der Waals surface area contributed by atoms with Crippen molar-refractivity contribution in [2.45, 2.75) is 12.5 Å². The highest BCUT2D eigenvalue weighted by Crippen LogP contribution is 2.19. The molecule has 0 saturated heterocycles. The summed E-state index contributed by atoms with van der Waals surface area (Å²) in [7, 11) is 0. The summed E-state index contributed by atoms with van der Waals surface area (Å²) in [5, 5.41) is 13.5. The predicted octanol–water partition coefficient (Wildman–Crippen LogP) is 2.37. The molecule has 0 radical (unpaired) electrons. The molecule has 5 heteroatoms. The highest BCUT2D eigenvalue weighted by atomic mass is 35.5. The lowest BCUT2D eigenvalue weighted by molar-refractivity contribution is 0.0525. The molecule has 1 aromatic heterocycles. The normalized spacial score (nSPS) is 13.6. The van der Waals surface area contributed by atoms with Crippen molar-refractivity contribution in [1.29, 1.82) is 0 Å². The van der Waals surface area contributed by atoms with Gasteiger partial charge >= 0.3 is 0 Å². The predicted molar refractivity (Wildman–Crippen MR) is 77.6 cm³/mol. The monoisotopic (exact) mass is 290 g/mol. The molecule has 0 fully saturated rings. The lowest BCUT2D eigenvalue weighted by Gasteiger charge is -2.24. The molecule has 0 bridgehead atoms. The largest absolute Gasteiger partial charge is 0.384 e. The number of pyridine rings is 1. The number of hydrogen-bond acceptors (Lipinski definition) is 3. The van der Waals surface area contributed by atoms with Crippen molar-refractivity contribution in [3.63, 3.8) is 0 Å². The van der Waals surface area contributed by atoms with E-state index < -0.39 is 5.60 Å². The fourth-order valence-electron chi connectivity index (χ4n) is 1.75. The molecule has 2 rings (SSSR count). The second-order valence-corrected chi connectivity index (χ2v) is 5.12. The Hall–Kier alpha value is -1.91. The number of aliphatic hydroxyl groups is 1. The number of nitrogens with one attached hydrogen (secondary N) is 1. The summed E-state index contributed by atoms with van der Waals surface area (Å²) in [6.45, 7) is 1.75. The zero-order valence-corrected chi connectivity index (χ0v) is 11.8. The number of carbonyl (C=O) groups is 1. The molecular formula is C15H15ClN2O2. The van der Waals surface area contributed by atoms with Gasteiger partial charge in [-0.15, -0.1) is 0 Å². The number of benzene rings is 1. The third-order valence-corrected chi connectivity index (χ3v) is 3.17. The first-order valence-electron chi connectivity index (χ1n) is 6.17. The smallest absolute Gasteiger partial charge is 0.269 e. The maximum absolute atomic E-state index is 11.9. The highest BCUT2D eigenvalue weighted by Gasteiger charge is 2.23. The van der Waals surface area contributed by atoms with Crippen molar-refractivity contribution in [1.82, 2.24) is 10.3 Å². The van der Waals surface area contributed by atoms with Gasteiger partial charge in [0.25, 0.3) is 5.91 Å². The molecule has 1 atom stereocenters. The fraction of sp³-hybridized carbons (Fsp3) is 0.200. The van der Waals surface area contributed by atoms with Crippen LogP contribution in [0.1, 0.15) is 23.0 Å². The Kier molecular flexibility index (Phi) is 4.37. The minimum absolute atomic E-state index is 0.0974. The Bertz CT molecular complexity index is 583. The average molecular weight is 291 g/mol. The number of hydrogen-bond donors (Lipinski definition) is 2. The Labute approximate surface area is 122 Å². The summed E-state index contributed by atoms with van der Waals surface area (Å²) < 4.78 is 0. The van der Waals surface area contributed by atoms with Crippen LogP contribution in [0.25, 0.3) is 0 Å². The van der Waals surface area contributed by atoms with E-state index in [9.17, 15) is 9.90 Å². The van der Waals surface area contributed by atoms with Crippen LogP contribution >= 0.6 is 11.6 Å². The Morgan fingerprint density at radius 2 is 2.00 bits per heavy atom. The van der Waals surface area contributed by atoms with E-state index >= 15 is 0 Å². The van der Waals surface area contributed by atoms with Crippen LogP contribution in [0, 0.1) is 0 Å². The van der Waals surface area contributed by atoms with E-state index in [-0.39, 0.29) is 18.1 Å². The molecule has 0 saturated carbocycles. The van der Waals surface area contributed by atoms with E-state index in [0.717, 1.165) is 5.56 Å². The third-order valence-electron chi connectivity index (χ3n) is 2.95. The van der Waals surface area contributed by atoms with Gasteiger partial charge < -0.3 is 10.4 Å². The number of amides is 1. The number of aromatic nitrogens is 1. The maximum Gasteiger partial charge on any atom is 0.269 e. The van der Waals surface area contributed by atoms with Gasteiger partial charge in [-0.25, -0.2) is 4.98 Å². The van der Waals surface area contributed by atoms with Crippen LogP contribution in [0.4, 0.5) is 0 Å². The first kappa shape index (κ1) is 14.5.